The fraction of sp³-hybridized carbons (Fsp3) is 0.333. The molecule has 0 aliphatic heterocycles. The maximum atomic E-state index is 12.5. The number of aryl methyl sites for hydroxylation is 1. The predicted octanol–water partition coefficient (Wildman–Crippen LogP) is 1.83. The Bertz CT molecular complexity index is 793. The minimum Gasteiger partial charge on any atom is -0.340 e. The number of nitrogens with zero attached hydrogens (tertiary/aromatic N) is 5. The Kier molecular flexibility index (Phi) is 4.33. The van der Waals surface area contributed by atoms with E-state index in [2.05, 4.69) is 20.2 Å². The lowest BCUT2D eigenvalue weighted by Gasteiger charge is -2.19. The number of benzene rings is 1. The molecule has 0 aliphatic carbocycles. The van der Waals surface area contributed by atoms with Gasteiger partial charge in [-0.05, 0) is 19.1 Å². The molecule has 2 aromatic heterocycles. The van der Waals surface area contributed by atoms with E-state index in [4.69, 9.17) is 0 Å². The van der Waals surface area contributed by atoms with E-state index < -0.39 is 0 Å². The third-order valence-electron chi connectivity index (χ3n) is 3.50. The highest BCUT2D eigenvalue weighted by molar-refractivity contribution is 8.00. The topological polar surface area (TPSA) is 79.7 Å². The second kappa shape index (κ2) is 6.41. The molecule has 3 aromatic rings. The lowest BCUT2D eigenvalue weighted by atomic mass is 10.3. The van der Waals surface area contributed by atoms with Crippen LogP contribution < -0.4 is 0 Å². The highest BCUT2D eigenvalue weighted by atomic mass is 32.2. The van der Waals surface area contributed by atoms with Crippen molar-refractivity contribution in [2.24, 2.45) is 7.05 Å². The van der Waals surface area contributed by atoms with Gasteiger partial charge in [0.25, 0.3) is 0 Å². The number of amides is 1. The van der Waals surface area contributed by atoms with Crippen LogP contribution >= 0.6 is 11.8 Å². The van der Waals surface area contributed by atoms with E-state index in [1.54, 1.807) is 22.8 Å². The van der Waals surface area contributed by atoms with Crippen molar-refractivity contribution in [2.75, 3.05) is 7.05 Å². The quantitative estimate of drug-likeness (QED) is 0.722. The molecule has 0 aliphatic rings. The first kappa shape index (κ1) is 15.5. The van der Waals surface area contributed by atoms with Gasteiger partial charge >= 0.3 is 0 Å². The monoisotopic (exact) mass is 330 g/mol. The van der Waals surface area contributed by atoms with Crippen molar-refractivity contribution in [1.82, 2.24) is 29.6 Å². The molecule has 1 N–H and O–H groups in total. The average Bonchev–Trinajstić information content (AvgIpc) is 3.12. The standard InChI is InChI=1S/C15H18N6OS/c1-10(23-15-19-16-9-21(15)3)14(22)20(2)8-13-17-11-6-4-5-7-12(11)18-13/h4-7,9-10H,8H2,1-3H3,(H,17,18). The van der Waals surface area contributed by atoms with Gasteiger partial charge in [0.15, 0.2) is 5.16 Å². The summed E-state index contributed by atoms with van der Waals surface area (Å²) in [6.07, 6.45) is 1.62. The molecule has 1 aromatic carbocycles. The molecule has 1 unspecified atom stereocenters. The summed E-state index contributed by atoms with van der Waals surface area (Å²) in [6.45, 7) is 2.31. The molecule has 0 saturated heterocycles. The van der Waals surface area contributed by atoms with E-state index in [1.807, 2.05) is 38.2 Å². The lowest BCUT2D eigenvalue weighted by Crippen LogP contribution is -2.33. The molecular formula is C15H18N6OS. The normalized spacial score (nSPS) is 12.5. The highest BCUT2D eigenvalue weighted by Gasteiger charge is 2.21. The van der Waals surface area contributed by atoms with Crippen molar-refractivity contribution in [3.05, 3.63) is 36.4 Å². The smallest absolute Gasteiger partial charge is 0.236 e. The fourth-order valence-electron chi connectivity index (χ4n) is 2.28. The zero-order valence-corrected chi connectivity index (χ0v) is 14.0. The average molecular weight is 330 g/mol. The van der Waals surface area contributed by atoms with Crippen LogP contribution in [0.15, 0.2) is 35.7 Å². The number of carbonyl (C=O) groups excluding carboxylic acids is 1. The Hall–Kier alpha value is -2.35. The van der Waals surface area contributed by atoms with E-state index in [-0.39, 0.29) is 11.2 Å². The Labute approximate surface area is 138 Å². The van der Waals surface area contributed by atoms with Crippen molar-refractivity contribution in [3.63, 3.8) is 0 Å². The van der Waals surface area contributed by atoms with Crippen LogP contribution in [0.4, 0.5) is 0 Å². The third kappa shape index (κ3) is 3.37. The van der Waals surface area contributed by atoms with Gasteiger partial charge in [-0.2, -0.15) is 0 Å². The van der Waals surface area contributed by atoms with E-state index in [9.17, 15) is 4.79 Å². The number of H-pyrrole nitrogens is 1. The molecule has 2 heterocycles. The van der Waals surface area contributed by atoms with E-state index >= 15 is 0 Å². The van der Waals surface area contributed by atoms with Crippen molar-refractivity contribution in [3.8, 4) is 0 Å². The molecule has 1 atom stereocenters. The van der Waals surface area contributed by atoms with Crippen molar-refractivity contribution >= 4 is 28.7 Å². The minimum atomic E-state index is -0.243. The SMILES string of the molecule is CC(Sc1nncn1C)C(=O)N(C)Cc1nc2ccccc2[nH]1. The molecule has 0 saturated carbocycles. The number of hydrogen-bond donors (Lipinski definition) is 1. The minimum absolute atomic E-state index is 0.0263. The number of imidazole rings is 1. The first-order valence-electron chi connectivity index (χ1n) is 7.24. The zero-order valence-electron chi connectivity index (χ0n) is 13.2. The first-order valence-corrected chi connectivity index (χ1v) is 8.12. The van der Waals surface area contributed by atoms with Gasteiger partial charge in [-0.25, -0.2) is 4.98 Å². The predicted molar refractivity (Wildman–Crippen MR) is 88.9 cm³/mol. The summed E-state index contributed by atoms with van der Waals surface area (Å²) in [5.74, 6) is 0.802. The van der Waals surface area contributed by atoms with Gasteiger partial charge in [0.1, 0.15) is 12.2 Å². The van der Waals surface area contributed by atoms with Gasteiger partial charge in [0.2, 0.25) is 5.91 Å². The maximum Gasteiger partial charge on any atom is 0.236 e. The van der Waals surface area contributed by atoms with Crippen LogP contribution in [-0.2, 0) is 18.4 Å². The number of aromatic amines is 1. The molecule has 7 nitrogen and oxygen atoms in total. The number of para-hydroxylation sites is 2. The summed E-state index contributed by atoms with van der Waals surface area (Å²) in [7, 11) is 3.64. The van der Waals surface area contributed by atoms with Crippen LogP contribution in [0, 0.1) is 0 Å². The first-order chi connectivity index (χ1) is 11.0. The van der Waals surface area contributed by atoms with Crippen LogP contribution in [0.3, 0.4) is 0 Å². The number of nitrogens with one attached hydrogen (secondary N) is 1. The second-order valence-corrected chi connectivity index (χ2v) is 6.69. The van der Waals surface area contributed by atoms with Crippen LogP contribution in [0.1, 0.15) is 12.7 Å². The third-order valence-corrected chi connectivity index (χ3v) is 4.64. The molecule has 0 fully saturated rings. The van der Waals surface area contributed by atoms with Crippen molar-refractivity contribution < 1.29 is 4.79 Å². The number of fused-ring (bicyclic) bond motifs is 1. The Balaban J connectivity index is 1.65. The van der Waals surface area contributed by atoms with E-state index in [0.29, 0.717) is 6.54 Å². The molecule has 120 valence electrons. The number of thioether (sulfide) groups is 1. The van der Waals surface area contributed by atoms with Gasteiger partial charge in [-0.3, -0.25) is 4.79 Å². The van der Waals surface area contributed by atoms with Gasteiger partial charge in [-0.15, -0.1) is 10.2 Å². The number of aromatic nitrogens is 5. The van der Waals surface area contributed by atoms with Crippen LogP contribution in [0.2, 0.25) is 0 Å². The summed E-state index contributed by atoms with van der Waals surface area (Å²) in [5.41, 5.74) is 1.88. The molecule has 0 radical (unpaired) electrons. The number of carbonyl (C=O) groups is 1. The summed E-state index contributed by atoms with van der Waals surface area (Å²) >= 11 is 1.40. The number of hydrogen-bond acceptors (Lipinski definition) is 5. The Morgan fingerprint density at radius 2 is 2.22 bits per heavy atom. The van der Waals surface area contributed by atoms with Gasteiger partial charge in [0.05, 0.1) is 22.8 Å². The molecule has 1 amide bonds. The van der Waals surface area contributed by atoms with E-state index in [0.717, 1.165) is 22.0 Å². The molecule has 8 heteroatoms. The highest BCUT2D eigenvalue weighted by Crippen LogP contribution is 2.22. The maximum absolute atomic E-state index is 12.5. The van der Waals surface area contributed by atoms with Crippen molar-refractivity contribution in [2.45, 2.75) is 23.9 Å². The Morgan fingerprint density at radius 3 is 2.91 bits per heavy atom. The summed E-state index contributed by atoms with van der Waals surface area (Å²) in [5, 5.41) is 8.30. The van der Waals surface area contributed by atoms with Gasteiger partial charge in [0, 0.05) is 14.1 Å². The molecule has 3 rings (SSSR count). The molecule has 0 bridgehead atoms. The molecular weight excluding hydrogens is 312 g/mol. The van der Waals surface area contributed by atoms with Gasteiger partial charge < -0.3 is 14.5 Å². The molecule has 23 heavy (non-hydrogen) atoms. The van der Waals surface area contributed by atoms with Crippen LogP contribution in [-0.4, -0.2) is 47.8 Å². The Morgan fingerprint density at radius 1 is 1.43 bits per heavy atom. The summed E-state index contributed by atoms with van der Waals surface area (Å²) in [4.78, 5) is 21.9. The largest absolute Gasteiger partial charge is 0.340 e. The van der Waals surface area contributed by atoms with Gasteiger partial charge in [-0.1, -0.05) is 23.9 Å². The zero-order chi connectivity index (χ0) is 16.4. The second-order valence-electron chi connectivity index (χ2n) is 5.38. The van der Waals surface area contributed by atoms with Crippen molar-refractivity contribution in [1.29, 1.82) is 0 Å². The van der Waals surface area contributed by atoms with Crippen LogP contribution in [0.25, 0.3) is 11.0 Å². The van der Waals surface area contributed by atoms with E-state index in [1.165, 1.54) is 11.8 Å². The summed E-state index contributed by atoms with van der Waals surface area (Å²) in [6, 6.07) is 7.82. The lowest BCUT2D eigenvalue weighted by molar-refractivity contribution is -0.129. The van der Waals surface area contributed by atoms with Crippen LogP contribution in [0.5, 0.6) is 0 Å². The number of rotatable bonds is 5. The summed E-state index contributed by atoms with van der Waals surface area (Å²) < 4.78 is 1.80. The molecule has 0 spiro atoms. The fourth-order valence-corrected chi connectivity index (χ4v) is 3.19.